The number of fused-ring (bicyclic) bond motifs is 1. The second-order valence-corrected chi connectivity index (χ2v) is 7.00. The molecule has 1 saturated heterocycles. The summed E-state index contributed by atoms with van der Waals surface area (Å²) >= 11 is 1.75. The molecule has 23 heavy (non-hydrogen) atoms. The summed E-state index contributed by atoms with van der Waals surface area (Å²) in [6, 6.07) is 7.68. The first-order valence-electron chi connectivity index (χ1n) is 7.82. The number of hydrogen-bond donors (Lipinski definition) is 2. The highest BCUT2D eigenvalue weighted by Gasteiger charge is 2.30. The molecule has 122 valence electrons. The Labute approximate surface area is 139 Å². The minimum Gasteiger partial charge on any atom is -0.336 e. The van der Waals surface area contributed by atoms with Gasteiger partial charge in [0.15, 0.2) is 0 Å². The van der Waals surface area contributed by atoms with Crippen LogP contribution < -0.4 is 10.6 Å². The lowest BCUT2D eigenvalue weighted by Gasteiger charge is -2.22. The molecule has 2 heterocycles. The maximum atomic E-state index is 12.4. The van der Waals surface area contributed by atoms with E-state index < -0.39 is 6.04 Å². The standard InChI is InChI=1S/C17H21N3O2S/c1-10-13-6-4-5-7-14(13)23-15(10)11(2)19-12(3)16(21)20-9-8-18-17(20)22/h4-7,11-12,19H,8-9H2,1-3H3,(H,18,22)/t11-,12-/m0/s1. The van der Waals surface area contributed by atoms with Gasteiger partial charge in [-0.2, -0.15) is 0 Å². The van der Waals surface area contributed by atoms with Crippen LogP contribution in [0.25, 0.3) is 10.1 Å². The van der Waals surface area contributed by atoms with Gasteiger partial charge in [-0.1, -0.05) is 18.2 Å². The monoisotopic (exact) mass is 331 g/mol. The third-order valence-electron chi connectivity index (χ3n) is 4.27. The van der Waals surface area contributed by atoms with Gasteiger partial charge in [0.05, 0.1) is 6.04 Å². The molecule has 3 amide bonds. The molecule has 2 aromatic rings. The molecule has 0 unspecified atom stereocenters. The Morgan fingerprint density at radius 1 is 1.35 bits per heavy atom. The number of rotatable bonds is 4. The molecule has 0 saturated carbocycles. The van der Waals surface area contributed by atoms with Crippen LogP contribution in [0.3, 0.4) is 0 Å². The minimum atomic E-state index is -0.404. The van der Waals surface area contributed by atoms with E-state index in [1.165, 1.54) is 25.4 Å². The molecule has 0 bridgehead atoms. The van der Waals surface area contributed by atoms with Gasteiger partial charge in [-0.3, -0.25) is 15.0 Å². The number of carbonyl (C=O) groups is 2. The van der Waals surface area contributed by atoms with E-state index in [1.54, 1.807) is 11.3 Å². The lowest BCUT2D eigenvalue weighted by molar-refractivity contribution is -0.129. The molecule has 2 atom stereocenters. The van der Waals surface area contributed by atoms with Crippen LogP contribution in [0, 0.1) is 6.92 Å². The number of nitrogens with zero attached hydrogens (tertiary/aromatic N) is 1. The number of benzene rings is 1. The molecule has 0 spiro atoms. The maximum Gasteiger partial charge on any atom is 0.324 e. The van der Waals surface area contributed by atoms with E-state index >= 15 is 0 Å². The van der Waals surface area contributed by atoms with Crippen LogP contribution in [0.15, 0.2) is 24.3 Å². The van der Waals surface area contributed by atoms with Crippen LogP contribution in [0.4, 0.5) is 4.79 Å². The van der Waals surface area contributed by atoms with Crippen LogP contribution in [0.2, 0.25) is 0 Å². The summed E-state index contributed by atoms with van der Waals surface area (Å²) in [6.07, 6.45) is 0. The van der Waals surface area contributed by atoms with Gasteiger partial charge in [0.1, 0.15) is 0 Å². The van der Waals surface area contributed by atoms with E-state index in [-0.39, 0.29) is 18.0 Å². The van der Waals surface area contributed by atoms with Crippen molar-refractivity contribution < 1.29 is 9.59 Å². The van der Waals surface area contributed by atoms with E-state index in [2.05, 4.69) is 36.6 Å². The Morgan fingerprint density at radius 2 is 2.09 bits per heavy atom. The first kappa shape index (κ1) is 16.0. The Hall–Kier alpha value is -1.92. The Bertz CT molecular complexity index is 755. The van der Waals surface area contributed by atoms with Crippen molar-refractivity contribution in [2.24, 2.45) is 0 Å². The second kappa shape index (κ2) is 6.29. The van der Waals surface area contributed by atoms with Crippen LogP contribution in [-0.2, 0) is 4.79 Å². The number of amides is 3. The Kier molecular flexibility index (Phi) is 4.37. The van der Waals surface area contributed by atoms with Gasteiger partial charge in [0.25, 0.3) is 0 Å². The van der Waals surface area contributed by atoms with E-state index in [0.29, 0.717) is 13.1 Å². The zero-order valence-corrected chi connectivity index (χ0v) is 14.4. The Morgan fingerprint density at radius 3 is 2.74 bits per heavy atom. The summed E-state index contributed by atoms with van der Waals surface area (Å²) in [7, 11) is 0. The van der Waals surface area contributed by atoms with Crippen molar-refractivity contribution in [3.8, 4) is 0 Å². The highest BCUT2D eigenvalue weighted by molar-refractivity contribution is 7.19. The summed E-state index contributed by atoms with van der Waals surface area (Å²) in [4.78, 5) is 26.5. The van der Waals surface area contributed by atoms with Crippen LogP contribution >= 0.6 is 11.3 Å². The van der Waals surface area contributed by atoms with E-state index in [9.17, 15) is 9.59 Å². The normalized spacial score (nSPS) is 17.3. The average Bonchev–Trinajstić information content (AvgIpc) is 3.11. The van der Waals surface area contributed by atoms with Gasteiger partial charge in [0.2, 0.25) is 5.91 Å². The van der Waals surface area contributed by atoms with Crippen LogP contribution in [0.5, 0.6) is 0 Å². The summed E-state index contributed by atoms with van der Waals surface area (Å²) in [5.74, 6) is -0.175. The largest absolute Gasteiger partial charge is 0.336 e. The molecule has 0 radical (unpaired) electrons. The van der Waals surface area contributed by atoms with Crippen molar-refractivity contribution in [3.05, 3.63) is 34.7 Å². The smallest absolute Gasteiger partial charge is 0.324 e. The molecule has 3 rings (SSSR count). The lowest BCUT2D eigenvalue weighted by atomic mass is 10.1. The van der Waals surface area contributed by atoms with Gasteiger partial charge >= 0.3 is 6.03 Å². The third-order valence-corrected chi connectivity index (χ3v) is 5.72. The van der Waals surface area contributed by atoms with Crippen LogP contribution in [0.1, 0.15) is 30.3 Å². The number of nitrogens with one attached hydrogen (secondary N) is 2. The molecule has 1 aliphatic rings. The van der Waals surface area contributed by atoms with Crippen molar-refractivity contribution in [2.45, 2.75) is 32.9 Å². The molecule has 5 nitrogen and oxygen atoms in total. The molecular formula is C17H21N3O2S. The number of aryl methyl sites for hydroxylation is 1. The molecule has 1 aromatic heterocycles. The molecule has 1 fully saturated rings. The molecule has 2 N–H and O–H groups in total. The predicted octanol–water partition coefficient (Wildman–Crippen LogP) is 2.80. The van der Waals surface area contributed by atoms with E-state index in [0.717, 1.165) is 0 Å². The van der Waals surface area contributed by atoms with E-state index in [1.807, 2.05) is 19.1 Å². The van der Waals surface area contributed by atoms with Gasteiger partial charge < -0.3 is 5.32 Å². The third kappa shape index (κ3) is 2.96. The average molecular weight is 331 g/mol. The summed E-state index contributed by atoms with van der Waals surface area (Å²) in [5, 5.41) is 7.26. The van der Waals surface area contributed by atoms with Crippen molar-refractivity contribution in [1.29, 1.82) is 0 Å². The van der Waals surface area contributed by atoms with Gasteiger partial charge in [-0.15, -0.1) is 11.3 Å². The van der Waals surface area contributed by atoms with Crippen molar-refractivity contribution in [1.82, 2.24) is 15.5 Å². The van der Waals surface area contributed by atoms with Gasteiger partial charge in [-0.05, 0) is 37.8 Å². The summed E-state index contributed by atoms with van der Waals surface area (Å²) in [6.45, 7) is 6.97. The molecular weight excluding hydrogens is 310 g/mol. The second-order valence-electron chi connectivity index (χ2n) is 5.92. The highest BCUT2D eigenvalue weighted by Crippen LogP contribution is 2.34. The molecule has 6 heteroatoms. The quantitative estimate of drug-likeness (QED) is 0.905. The lowest BCUT2D eigenvalue weighted by Crippen LogP contribution is -2.46. The zero-order valence-electron chi connectivity index (χ0n) is 13.6. The van der Waals surface area contributed by atoms with Crippen LogP contribution in [-0.4, -0.2) is 36.0 Å². The fourth-order valence-electron chi connectivity index (χ4n) is 3.04. The number of imide groups is 1. The first-order valence-corrected chi connectivity index (χ1v) is 8.64. The fraction of sp³-hybridized carbons (Fsp3) is 0.412. The topological polar surface area (TPSA) is 61.4 Å². The maximum absolute atomic E-state index is 12.4. The molecule has 1 aliphatic heterocycles. The highest BCUT2D eigenvalue weighted by atomic mass is 32.1. The summed E-state index contributed by atoms with van der Waals surface area (Å²) < 4.78 is 1.26. The first-order chi connectivity index (χ1) is 11.0. The van der Waals surface area contributed by atoms with Crippen molar-refractivity contribution in [3.63, 3.8) is 0 Å². The number of thiophene rings is 1. The Balaban J connectivity index is 1.75. The van der Waals surface area contributed by atoms with Gasteiger partial charge in [0, 0.05) is 28.7 Å². The SMILES string of the molecule is Cc1c([C@H](C)N[C@@H](C)C(=O)N2CCNC2=O)sc2ccccc12. The fourth-order valence-corrected chi connectivity index (χ4v) is 4.27. The van der Waals surface area contributed by atoms with Crippen molar-refractivity contribution >= 4 is 33.4 Å². The number of urea groups is 1. The minimum absolute atomic E-state index is 0.0528. The van der Waals surface area contributed by atoms with E-state index in [4.69, 9.17) is 0 Å². The number of hydrogen-bond acceptors (Lipinski definition) is 4. The zero-order chi connectivity index (χ0) is 16.6. The molecule has 0 aliphatic carbocycles. The van der Waals surface area contributed by atoms with Crippen molar-refractivity contribution in [2.75, 3.05) is 13.1 Å². The van der Waals surface area contributed by atoms with Gasteiger partial charge in [-0.25, -0.2) is 4.79 Å². The predicted molar refractivity (Wildman–Crippen MR) is 92.7 cm³/mol. The summed E-state index contributed by atoms with van der Waals surface area (Å²) in [5.41, 5.74) is 1.25. The molecule has 1 aromatic carbocycles. The number of carbonyl (C=O) groups excluding carboxylic acids is 2.